The lowest BCUT2D eigenvalue weighted by molar-refractivity contribution is 0.196. The van der Waals surface area contributed by atoms with Crippen molar-refractivity contribution in [3.05, 3.63) is 28.9 Å². The van der Waals surface area contributed by atoms with Gasteiger partial charge in [0.2, 0.25) is 5.82 Å². The molecular formula is C18H20BrN5O3. The van der Waals surface area contributed by atoms with E-state index in [-0.39, 0.29) is 0 Å². The van der Waals surface area contributed by atoms with Crippen LogP contribution in [0.4, 0.5) is 10.6 Å². The van der Waals surface area contributed by atoms with Crippen molar-refractivity contribution < 1.29 is 13.9 Å². The fourth-order valence-corrected chi connectivity index (χ4v) is 3.65. The van der Waals surface area contributed by atoms with Crippen molar-refractivity contribution in [2.45, 2.75) is 32.1 Å². The van der Waals surface area contributed by atoms with Crippen LogP contribution in [0.5, 0.6) is 5.75 Å². The van der Waals surface area contributed by atoms with Gasteiger partial charge in [0.25, 0.3) is 0 Å². The average molecular weight is 434 g/mol. The zero-order valence-corrected chi connectivity index (χ0v) is 16.2. The smallest absolute Gasteiger partial charge is 0.412 e. The Hall–Kier alpha value is -2.55. The third-order valence-electron chi connectivity index (χ3n) is 4.70. The van der Waals surface area contributed by atoms with Gasteiger partial charge in [0.15, 0.2) is 16.1 Å². The molecule has 1 aliphatic rings. The van der Waals surface area contributed by atoms with Gasteiger partial charge >= 0.3 is 6.09 Å². The predicted octanol–water partition coefficient (Wildman–Crippen LogP) is 4.00. The van der Waals surface area contributed by atoms with Gasteiger partial charge in [-0.25, -0.2) is 9.78 Å². The van der Waals surface area contributed by atoms with E-state index >= 15 is 0 Å². The summed E-state index contributed by atoms with van der Waals surface area (Å²) >= 11 is 3.25. The van der Waals surface area contributed by atoms with Crippen LogP contribution in [0.2, 0.25) is 0 Å². The number of hydrogen-bond donors (Lipinski definition) is 2. The van der Waals surface area contributed by atoms with Gasteiger partial charge in [-0.3, -0.25) is 0 Å². The SMILES string of the molecule is Nc1cc(OC(=O)NCC2CCCCC2)cc2nc(-c3ccc(Br)o3)nn12. The van der Waals surface area contributed by atoms with Gasteiger partial charge in [-0.05, 0) is 46.8 Å². The molecule has 1 saturated carbocycles. The van der Waals surface area contributed by atoms with Crippen molar-refractivity contribution in [2.24, 2.45) is 5.92 Å². The van der Waals surface area contributed by atoms with Crippen LogP contribution in [-0.4, -0.2) is 27.2 Å². The number of hydrogen-bond acceptors (Lipinski definition) is 6. The zero-order chi connectivity index (χ0) is 18.8. The number of nitrogens with one attached hydrogen (secondary N) is 1. The number of nitrogen functional groups attached to an aromatic ring is 1. The quantitative estimate of drug-likeness (QED) is 0.643. The number of carbonyl (C=O) groups is 1. The van der Waals surface area contributed by atoms with Crippen LogP contribution in [-0.2, 0) is 0 Å². The number of halogens is 1. The molecule has 27 heavy (non-hydrogen) atoms. The Balaban J connectivity index is 1.46. The summed E-state index contributed by atoms with van der Waals surface area (Å²) in [6, 6.07) is 6.68. The third kappa shape index (κ3) is 4.08. The molecule has 0 bridgehead atoms. The molecule has 3 aromatic heterocycles. The molecule has 8 nitrogen and oxygen atoms in total. The summed E-state index contributed by atoms with van der Waals surface area (Å²) in [7, 11) is 0. The van der Waals surface area contributed by atoms with Crippen LogP contribution in [0.1, 0.15) is 32.1 Å². The lowest BCUT2D eigenvalue weighted by Crippen LogP contribution is -2.32. The van der Waals surface area contributed by atoms with Crippen LogP contribution in [0.15, 0.2) is 33.4 Å². The first-order chi connectivity index (χ1) is 13.1. The number of nitrogens with zero attached hydrogens (tertiary/aromatic N) is 3. The third-order valence-corrected chi connectivity index (χ3v) is 5.13. The fraction of sp³-hybridized carbons (Fsp3) is 0.389. The Labute approximate surface area is 164 Å². The molecule has 4 rings (SSSR count). The second kappa shape index (κ2) is 7.59. The molecule has 0 saturated heterocycles. The summed E-state index contributed by atoms with van der Waals surface area (Å²) in [4.78, 5) is 16.5. The lowest BCUT2D eigenvalue weighted by Gasteiger charge is -2.21. The molecule has 9 heteroatoms. The maximum absolute atomic E-state index is 12.1. The first-order valence-electron chi connectivity index (χ1n) is 8.96. The summed E-state index contributed by atoms with van der Waals surface area (Å²) in [5.74, 6) is 2.07. The van der Waals surface area contributed by atoms with Gasteiger partial charge in [0, 0.05) is 18.7 Å². The Morgan fingerprint density at radius 2 is 2.15 bits per heavy atom. The molecule has 1 aliphatic carbocycles. The lowest BCUT2D eigenvalue weighted by atomic mass is 9.89. The summed E-state index contributed by atoms with van der Waals surface area (Å²) in [6.45, 7) is 0.638. The minimum atomic E-state index is -0.487. The highest BCUT2D eigenvalue weighted by atomic mass is 79.9. The molecule has 3 heterocycles. The highest BCUT2D eigenvalue weighted by molar-refractivity contribution is 9.10. The molecule has 0 aliphatic heterocycles. The van der Waals surface area contributed by atoms with E-state index in [1.54, 1.807) is 24.3 Å². The molecule has 0 aromatic carbocycles. The molecule has 1 amide bonds. The largest absolute Gasteiger partial charge is 0.446 e. The molecule has 0 atom stereocenters. The van der Waals surface area contributed by atoms with Gasteiger partial charge in [-0.2, -0.15) is 4.52 Å². The van der Waals surface area contributed by atoms with E-state index in [4.69, 9.17) is 14.9 Å². The number of nitrogens with two attached hydrogens (primary N) is 1. The normalized spacial score (nSPS) is 15.1. The first kappa shape index (κ1) is 17.8. The molecule has 3 N–H and O–H groups in total. The Morgan fingerprint density at radius 3 is 2.89 bits per heavy atom. The van der Waals surface area contributed by atoms with Gasteiger partial charge in [-0.1, -0.05) is 19.3 Å². The number of anilines is 1. The van der Waals surface area contributed by atoms with Crippen molar-refractivity contribution >= 4 is 33.5 Å². The maximum atomic E-state index is 12.1. The van der Waals surface area contributed by atoms with Gasteiger partial charge < -0.3 is 20.2 Å². The van der Waals surface area contributed by atoms with Crippen LogP contribution < -0.4 is 15.8 Å². The van der Waals surface area contributed by atoms with E-state index in [1.807, 2.05) is 0 Å². The second-order valence-corrected chi connectivity index (χ2v) is 7.48. The number of aromatic nitrogens is 3. The van der Waals surface area contributed by atoms with Crippen molar-refractivity contribution in [3.8, 4) is 17.3 Å². The predicted molar refractivity (Wildman–Crippen MR) is 103 cm³/mol. The Bertz CT molecular complexity index is 961. The van der Waals surface area contributed by atoms with Gasteiger partial charge in [0.1, 0.15) is 11.6 Å². The average Bonchev–Trinajstić information content (AvgIpc) is 3.27. The van der Waals surface area contributed by atoms with Gasteiger partial charge in [-0.15, -0.1) is 5.10 Å². The number of carbonyl (C=O) groups excluding carboxylic acids is 1. The molecule has 0 unspecified atom stereocenters. The van der Waals surface area contributed by atoms with E-state index in [0.29, 0.717) is 45.9 Å². The van der Waals surface area contributed by atoms with Crippen LogP contribution in [0.3, 0.4) is 0 Å². The first-order valence-corrected chi connectivity index (χ1v) is 9.75. The van der Waals surface area contributed by atoms with E-state index in [2.05, 4.69) is 31.3 Å². The van der Waals surface area contributed by atoms with Crippen LogP contribution in [0, 0.1) is 5.92 Å². The van der Waals surface area contributed by atoms with Crippen molar-refractivity contribution in [3.63, 3.8) is 0 Å². The van der Waals surface area contributed by atoms with Crippen molar-refractivity contribution in [1.82, 2.24) is 19.9 Å². The molecular weight excluding hydrogens is 414 g/mol. The molecule has 142 valence electrons. The van der Waals surface area contributed by atoms with Crippen molar-refractivity contribution in [2.75, 3.05) is 12.3 Å². The number of rotatable bonds is 4. The minimum absolute atomic E-state index is 0.312. The summed E-state index contributed by atoms with van der Waals surface area (Å²) in [5.41, 5.74) is 6.49. The van der Waals surface area contributed by atoms with Gasteiger partial charge in [0.05, 0.1) is 0 Å². The zero-order valence-electron chi connectivity index (χ0n) is 14.7. The minimum Gasteiger partial charge on any atom is -0.446 e. The molecule has 0 radical (unpaired) electrons. The van der Waals surface area contributed by atoms with Crippen molar-refractivity contribution in [1.29, 1.82) is 0 Å². The number of pyridine rings is 1. The highest BCUT2D eigenvalue weighted by Crippen LogP contribution is 2.26. The number of fused-ring (bicyclic) bond motifs is 1. The number of ether oxygens (including phenoxy) is 1. The standard InChI is InChI=1S/C18H20BrN5O3/c19-14-7-6-13(27-14)17-22-16-9-12(8-15(20)24(16)23-17)26-18(25)21-10-11-4-2-1-3-5-11/h6-9,11H,1-5,10,20H2,(H,21,25). The van der Waals surface area contributed by atoms with E-state index in [1.165, 1.54) is 23.8 Å². The summed E-state index contributed by atoms with van der Waals surface area (Å²) < 4.78 is 12.9. The molecule has 0 spiro atoms. The van der Waals surface area contributed by atoms with Crippen LogP contribution in [0.25, 0.3) is 17.2 Å². The van der Waals surface area contributed by atoms with E-state index in [0.717, 1.165) is 12.8 Å². The maximum Gasteiger partial charge on any atom is 0.412 e. The molecule has 3 aromatic rings. The second-order valence-electron chi connectivity index (χ2n) is 6.70. The highest BCUT2D eigenvalue weighted by Gasteiger charge is 2.17. The van der Waals surface area contributed by atoms with E-state index < -0.39 is 6.09 Å². The summed E-state index contributed by atoms with van der Waals surface area (Å²) in [5, 5.41) is 7.16. The number of amides is 1. The molecule has 1 fully saturated rings. The topological polar surface area (TPSA) is 108 Å². The fourth-order valence-electron chi connectivity index (χ4n) is 3.34. The Kier molecular flexibility index (Phi) is 5.02. The number of furan rings is 1. The van der Waals surface area contributed by atoms with Crippen LogP contribution >= 0.6 is 15.9 Å². The summed E-state index contributed by atoms with van der Waals surface area (Å²) in [6.07, 6.45) is 5.58. The van der Waals surface area contributed by atoms with E-state index in [9.17, 15) is 4.79 Å². The Morgan fingerprint density at radius 1 is 1.33 bits per heavy atom. The monoisotopic (exact) mass is 433 g/mol.